The Hall–Kier alpha value is -0.240. The first-order chi connectivity index (χ1) is 5.88. The van der Waals surface area contributed by atoms with E-state index < -0.39 is 0 Å². The summed E-state index contributed by atoms with van der Waals surface area (Å²) >= 11 is 1.92. The van der Waals surface area contributed by atoms with Crippen molar-refractivity contribution >= 4 is 17.5 Å². The number of thioether (sulfide) groups is 1. The van der Waals surface area contributed by atoms with E-state index in [4.69, 9.17) is 0 Å². The molecule has 0 aromatic rings. The second-order valence-electron chi connectivity index (χ2n) is 3.07. The van der Waals surface area contributed by atoms with Crippen molar-refractivity contribution in [2.75, 3.05) is 0 Å². The highest BCUT2D eigenvalue weighted by Gasteiger charge is 2.15. The SMILES string of the molecule is CCCC1=NC=CSC1CCC. The van der Waals surface area contributed by atoms with E-state index in [0.29, 0.717) is 5.25 Å². The number of hydrogen-bond acceptors (Lipinski definition) is 2. The highest BCUT2D eigenvalue weighted by Crippen LogP contribution is 2.24. The lowest BCUT2D eigenvalue weighted by Crippen LogP contribution is -2.17. The minimum atomic E-state index is 0.667. The van der Waals surface area contributed by atoms with E-state index in [1.54, 1.807) is 0 Å². The quantitative estimate of drug-likeness (QED) is 0.648. The molecular formula is C10H17NS. The van der Waals surface area contributed by atoms with Gasteiger partial charge in [0.15, 0.2) is 0 Å². The Bertz CT molecular complexity index is 184. The predicted molar refractivity (Wildman–Crippen MR) is 57.8 cm³/mol. The molecule has 0 radical (unpaired) electrons. The molecule has 0 bridgehead atoms. The second kappa shape index (κ2) is 5.41. The van der Waals surface area contributed by atoms with Crippen molar-refractivity contribution < 1.29 is 0 Å². The summed E-state index contributed by atoms with van der Waals surface area (Å²) in [6.45, 7) is 4.46. The van der Waals surface area contributed by atoms with Crippen LogP contribution in [0.25, 0.3) is 0 Å². The molecule has 1 atom stereocenters. The number of hydrogen-bond donors (Lipinski definition) is 0. The summed E-state index contributed by atoms with van der Waals surface area (Å²) in [5.74, 6) is 0. The standard InChI is InChI=1S/C10H17NS/c1-3-5-9-10(6-4-2)12-8-7-11-9/h7-8,10H,3-6H2,1-2H3. The molecule has 0 aliphatic carbocycles. The van der Waals surface area contributed by atoms with Gasteiger partial charge >= 0.3 is 0 Å². The zero-order valence-corrected chi connectivity index (χ0v) is 8.73. The minimum Gasteiger partial charge on any atom is -0.264 e. The summed E-state index contributed by atoms with van der Waals surface area (Å²) in [6, 6.07) is 0. The van der Waals surface area contributed by atoms with Crippen molar-refractivity contribution in [1.29, 1.82) is 0 Å². The van der Waals surface area contributed by atoms with Crippen LogP contribution in [-0.4, -0.2) is 11.0 Å². The molecule has 1 nitrogen and oxygen atoms in total. The van der Waals surface area contributed by atoms with E-state index in [-0.39, 0.29) is 0 Å². The van der Waals surface area contributed by atoms with Gasteiger partial charge in [-0.25, -0.2) is 0 Å². The van der Waals surface area contributed by atoms with Crippen LogP contribution in [0.3, 0.4) is 0 Å². The number of rotatable bonds is 4. The molecule has 1 unspecified atom stereocenters. The minimum absolute atomic E-state index is 0.667. The highest BCUT2D eigenvalue weighted by molar-refractivity contribution is 8.03. The third-order valence-corrected chi connectivity index (χ3v) is 3.09. The zero-order valence-electron chi connectivity index (χ0n) is 7.92. The third-order valence-electron chi connectivity index (χ3n) is 1.97. The lowest BCUT2D eigenvalue weighted by molar-refractivity contribution is 0.827. The van der Waals surface area contributed by atoms with Gasteiger partial charge in [0, 0.05) is 17.2 Å². The summed E-state index contributed by atoms with van der Waals surface area (Å²) in [5.41, 5.74) is 1.40. The molecule has 0 fully saturated rings. The van der Waals surface area contributed by atoms with Crippen molar-refractivity contribution in [3.8, 4) is 0 Å². The summed E-state index contributed by atoms with van der Waals surface area (Å²) in [7, 11) is 0. The van der Waals surface area contributed by atoms with Crippen molar-refractivity contribution in [1.82, 2.24) is 0 Å². The van der Waals surface area contributed by atoms with E-state index >= 15 is 0 Å². The number of nitrogens with zero attached hydrogens (tertiary/aromatic N) is 1. The largest absolute Gasteiger partial charge is 0.264 e. The van der Waals surface area contributed by atoms with Gasteiger partial charge in [0.05, 0.1) is 0 Å². The van der Waals surface area contributed by atoms with Crippen molar-refractivity contribution in [2.24, 2.45) is 4.99 Å². The zero-order chi connectivity index (χ0) is 8.81. The van der Waals surface area contributed by atoms with Gasteiger partial charge in [0.25, 0.3) is 0 Å². The van der Waals surface area contributed by atoms with Gasteiger partial charge in [-0.05, 0) is 18.2 Å². The molecule has 1 aliphatic rings. The van der Waals surface area contributed by atoms with E-state index in [2.05, 4.69) is 24.2 Å². The summed E-state index contributed by atoms with van der Waals surface area (Å²) in [6.07, 6.45) is 6.85. The van der Waals surface area contributed by atoms with E-state index in [1.165, 1.54) is 31.4 Å². The lowest BCUT2D eigenvalue weighted by atomic mass is 10.1. The maximum Gasteiger partial charge on any atom is 0.0472 e. The first-order valence-corrected chi connectivity index (χ1v) is 5.69. The molecule has 0 aromatic carbocycles. The second-order valence-corrected chi connectivity index (χ2v) is 4.18. The van der Waals surface area contributed by atoms with Crippen LogP contribution in [0.15, 0.2) is 16.6 Å². The lowest BCUT2D eigenvalue weighted by Gasteiger charge is -2.18. The molecule has 2 heteroatoms. The average Bonchev–Trinajstić information content (AvgIpc) is 2.09. The van der Waals surface area contributed by atoms with E-state index in [0.717, 1.165) is 0 Å². The van der Waals surface area contributed by atoms with Crippen LogP contribution in [0.2, 0.25) is 0 Å². The molecule has 0 saturated carbocycles. The van der Waals surface area contributed by atoms with Crippen LogP contribution in [0.1, 0.15) is 39.5 Å². The first kappa shape index (κ1) is 9.85. The molecule has 1 rings (SSSR count). The Morgan fingerprint density at radius 1 is 1.42 bits per heavy atom. The smallest absolute Gasteiger partial charge is 0.0472 e. The first-order valence-electron chi connectivity index (χ1n) is 4.75. The van der Waals surface area contributed by atoms with E-state index in [9.17, 15) is 0 Å². The maximum absolute atomic E-state index is 4.43. The Balaban J connectivity index is 2.50. The maximum atomic E-state index is 4.43. The molecule has 68 valence electrons. The van der Waals surface area contributed by atoms with Crippen LogP contribution in [0.4, 0.5) is 0 Å². The predicted octanol–water partition coefficient (Wildman–Crippen LogP) is 3.61. The van der Waals surface area contributed by atoms with Gasteiger partial charge in [-0.1, -0.05) is 26.7 Å². The van der Waals surface area contributed by atoms with Gasteiger partial charge in [-0.2, -0.15) is 0 Å². The summed E-state index contributed by atoms with van der Waals surface area (Å²) in [5, 5.41) is 2.78. The number of aliphatic imine (C=N–C) groups is 1. The molecule has 0 N–H and O–H groups in total. The van der Waals surface area contributed by atoms with Gasteiger partial charge < -0.3 is 0 Å². The Labute approximate surface area is 79.3 Å². The van der Waals surface area contributed by atoms with Crippen LogP contribution in [0, 0.1) is 0 Å². The van der Waals surface area contributed by atoms with Gasteiger partial charge in [-0.3, -0.25) is 4.99 Å². The molecule has 0 saturated heterocycles. The Morgan fingerprint density at radius 2 is 2.25 bits per heavy atom. The monoisotopic (exact) mass is 183 g/mol. The summed E-state index contributed by atoms with van der Waals surface area (Å²) < 4.78 is 0. The van der Waals surface area contributed by atoms with E-state index in [1.807, 2.05) is 18.0 Å². The molecule has 1 aliphatic heterocycles. The van der Waals surface area contributed by atoms with Crippen molar-refractivity contribution in [3.05, 3.63) is 11.6 Å². The highest BCUT2D eigenvalue weighted by atomic mass is 32.2. The molecule has 12 heavy (non-hydrogen) atoms. The van der Waals surface area contributed by atoms with Crippen LogP contribution >= 0.6 is 11.8 Å². The fourth-order valence-electron chi connectivity index (χ4n) is 1.40. The van der Waals surface area contributed by atoms with Crippen LogP contribution in [-0.2, 0) is 0 Å². The third kappa shape index (κ3) is 2.67. The van der Waals surface area contributed by atoms with Gasteiger partial charge in [0.2, 0.25) is 0 Å². The Morgan fingerprint density at radius 3 is 2.92 bits per heavy atom. The normalized spacial score (nSPS) is 22.5. The van der Waals surface area contributed by atoms with Crippen molar-refractivity contribution in [3.63, 3.8) is 0 Å². The topological polar surface area (TPSA) is 12.4 Å². The van der Waals surface area contributed by atoms with Crippen molar-refractivity contribution in [2.45, 2.75) is 44.8 Å². The Kier molecular flexibility index (Phi) is 4.44. The molecule has 0 spiro atoms. The fraction of sp³-hybridized carbons (Fsp3) is 0.700. The van der Waals surface area contributed by atoms with Crippen LogP contribution in [0.5, 0.6) is 0 Å². The van der Waals surface area contributed by atoms with Crippen LogP contribution < -0.4 is 0 Å². The molecule has 0 aromatic heterocycles. The summed E-state index contributed by atoms with van der Waals surface area (Å²) in [4.78, 5) is 4.43. The van der Waals surface area contributed by atoms with Gasteiger partial charge in [0.1, 0.15) is 0 Å². The molecule has 1 heterocycles. The van der Waals surface area contributed by atoms with Gasteiger partial charge in [-0.15, -0.1) is 11.8 Å². The fourth-order valence-corrected chi connectivity index (χ4v) is 2.42. The molecular weight excluding hydrogens is 166 g/mol. The average molecular weight is 183 g/mol. The molecule has 0 amide bonds.